The average Bonchev–Trinajstić information content (AvgIpc) is 2.49. The van der Waals surface area contributed by atoms with Crippen LogP contribution in [0.4, 0.5) is 15.8 Å². The fourth-order valence-electron chi connectivity index (χ4n) is 2.14. The third-order valence-electron chi connectivity index (χ3n) is 3.29. The number of benzene rings is 2. The van der Waals surface area contributed by atoms with Crippen LogP contribution in [0.3, 0.4) is 0 Å². The molecule has 2 aromatic carbocycles. The SMILES string of the molecule is CS(=O)(=O)c1cc([N+](=O)[O-])ccc1NCCc1cc(Br)ccc1F. The van der Waals surface area contributed by atoms with Crippen molar-refractivity contribution in [1.29, 1.82) is 0 Å². The fraction of sp³-hybridized carbons (Fsp3) is 0.200. The van der Waals surface area contributed by atoms with Crippen LogP contribution in [0.15, 0.2) is 45.8 Å². The molecule has 0 unspecified atom stereocenters. The summed E-state index contributed by atoms with van der Waals surface area (Å²) in [6.45, 7) is 0.272. The minimum Gasteiger partial charge on any atom is -0.384 e. The van der Waals surface area contributed by atoms with Crippen molar-refractivity contribution in [2.75, 3.05) is 18.1 Å². The second-order valence-electron chi connectivity index (χ2n) is 5.12. The molecule has 0 heterocycles. The van der Waals surface area contributed by atoms with Gasteiger partial charge in [-0.1, -0.05) is 15.9 Å². The summed E-state index contributed by atoms with van der Waals surface area (Å²) < 4.78 is 38.1. The summed E-state index contributed by atoms with van der Waals surface area (Å²) in [6.07, 6.45) is 1.30. The van der Waals surface area contributed by atoms with Gasteiger partial charge in [-0.15, -0.1) is 0 Å². The summed E-state index contributed by atoms with van der Waals surface area (Å²) in [5, 5.41) is 13.7. The second kappa shape index (κ2) is 7.27. The molecule has 9 heteroatoms. The molecule has 0 radical (unpaired) electrons. The zero-order valence-electron chi connectivity index (χ0n) is 12.6. The molecule has 2 rings (SSSR count). The van der Waals surface area contributed by atoms with E-state index >= 15 is 0 Å². The largest absolute Gasteiger partial charge is 0.384 e. The van der Waals surface area contributed by atoms with Crippen LogP contribution in [-0.4, -0.2) is 26.1 Å². The summed E-state index contributed by atoms with van der Waals surface area (Å²) >= 11 is 3.26. The van der Waals surface area contributed by atoms with Gasteiger partial charge >= 0.3 is 0 Å². The maximum absolute atomic E-state index is 13.7. The predicted molar refractivity (Wildman–Crippen MR) is 92.5 cm³/mol. The van der Waals surface area contributed by atoms with Gasteiger partial charge in [0.15, 0.2) is 9.84 Å². The first-order valence-electron chi connectivity index (χ1n) is 6.85. The fourth-order valence-corrected chi connectivity index (χ4v) is 3.43. The molecule has 0 aliphatic carbocycles. The van der Waals surface area contributed by atoms with E-state index in [1.54, 1.807) is 12.1 Å². The zero-order valence-corrected chi connectivity index (χ0v) is 15.0. The van der Waals surface area contributed by atoms with Gasteiger partial charge < -0.3 is 5.32 Å². The van der Waals surface area contributed by atoms with Crippen molar-refractivity contribution in [1.82, 2.24) is 0 Å². The van der Waals surface area contributed by atoms with E-state index in [4.69, 9.17) is 0 Å². The molecule has 1 N–H and O–H groups in total. The maximum Gasteiger partial charge on any atom is 0.270 e. The van der Waals surface area contributed by atoms with Crippen LogP contribution >= 0.6 is 15.9 Å². The lowest BCUT2D eigenvalue weighted by molar-refractivity contribution is -0.385. The molecule has 0 saturated heterocycles. The van der Waals surface area contributed by atoms with Gasteiger partial charge in [-0.05, 0) is 36.2 Å². The summed E-state index contributed by atoms with van der Waals surface area (Å²) in [5.41, 5.74) is 0.414. The molecule has 2 aromatic rings. The van der Waals surface area contributed by atoms with E-state index in [-0.39, 0.29) is 28.6 Å². The highest BCUT2D eigenvalue weighted by molar-refractivity contribution is 9.10. The lowest BCUT2D eigenvalue weighted by Crippen LogP contribution is -2.10. The Morgan fingerprint density at radius 2 is 1.96 bits per heavy atom. The lowest BCUT2D eigenvalue weighted by atomic mass is 10.1. The number of hydrogen-bond acceptors (Lipinski definition) is 5. The van der Waals surface area contributed by atoms with Crippen LogP contribution in [0.25, 0.3) is 0 Å². The molecule has 0 atom stereocenters. The van der Waals surface area contributed by atoms with Crippen LogP contribution in [-0.2, 0) is 16.3 Å². The van der Waals surface area contributed by atoms with Crippen molar-refractivity contribution in [2.45, 2.75) is 11.3 Å². The van der Waals surface area contributed by atoms with Gasteiger partial charge in [0, 0.05) is 29.4 Å². The molecule has 0 spiro atoms. The first kappa shape index (κ1) is 18.3. The molecule has 0 amide bonds. The van der Waals surface area contributed by atoms with Gasteiger partial charge in [-0.2, -0.15) is 0 Å². The van der Waals surface area contributed by atoms with E-state index in [1.165, 1.54) is 18.2 Å². The molecule has 0 aromatic heterocycles. The van der Waals surface area contributed by atoms with Crippen LogP contribution in [0.1, 0.15) is 5.56 Å². The van der Waals surface area contributed by atoms with E-state index < -0.39 is 14.8 Å². The number of nitrogens with zero attached hydrogens (tertiary/aromatic N) is 1. The smallest absolute Gasteiger partial charge is 0.270 e. The first-order chi connectivity index (χ1) is 11.2. The number of non-ortho nitro benzene ring substituents is 1. The summed E-state index contributed by atoms with van der Waals surface area (Å²) in [7, 11) is -3.65. The Hall–Kier alpha value is -2.00. The van der Waals surface area contributed by atoms with Gasteiger partial charge in [0.05, 0.1) is 15.5 Å². The number of nitrogens with one attached hydrogen (secondary N) is 1. The molecular formula is C15H14BrFN2O4S. The van der Waals surface area contributed by atoms with Crippen LogP contribution in [0.2, 0.25) is 0 Å². The normalized spacial score (nSPS) is 11.3. The number of nitro benzene ring substituents is 1. The number of halogens is 2. The van der Waals surface area contributed by atoms with Crippen molar-refractivity contribution < 1.29 is 17.7 Å². The summed E-state index contributed by atoms with van der Waals surface area (Å²) in [6, 6.07) is 8.14. The van der Waals surface area contributed by atoms with Crippen molar-refractivity contribution in [3.63, 3.8) is 0 Å². The second-order valence-corrected chi connectivity index (χ2v) is 8.02. The Labute approximate surface area is 146 Å². The van der Waals surface area contributed by atoms with Crippen molar-refractivity contribution in [2.24, 2.45) is 0 Å². The number of hydrogen-bond donors (Lipinski definition) is 1. The minimum absolute atomic E-state index is 0.161. The van der Waals surface area contributed by atoms with Gasteiger partial charge in [-0.3, -0.25) is 10.1 Å². The molecule has 0 saturated carbocycles. The quantitative estimate of drug-likeness (QED) is 0.574. The number of anilines is 1. The third kappa shape index (κ3) is 4.51. The Morgan fingerprint density at radius 1 is 1.25 bits per heavy atom. The minimum atomic E-state index is -3.65. The van der Waals surface area contributed by atoms with E-state index in [2.05, 4.69) is 21.2 Å². The monoisotopic (exact) mass is 416 g/mol. The Kier molecular flexibility index (Phi) is 5.55. The molecule has 0 aliphatic heterocycles. The lowest BCUT2D eigenvalue weighted by Gasteiger charge is -2.11. The molecule has 0 fully saturated rings. The topological polar surface area (TPSA) is 89.3 Å². The third-order valence-corrected chi connectivity index (χ3v) is 4.92. The Bertz CT molecular complexity index is 887. The highest BCUT2D eigenvalue weighted by Gasteiger charge is 2.18. The van der Waals surface area contributed by atoms with Gasteiger partial charge in [0.25, 0.3) is 5.69 Å². The van der Waals surface area contributed by atoms with Crippen molar-refractivity contribution >= 4 is 37.1 Å². The summed E-state index contributed by atoms with van der Waals surface area (Å²) in [5.74, 6) is -0.355. The number of sulfone groups is 1. The van der Waals surface area contributed by atoms with Crippen molar-refractivity contribution in [3.05, 3.63) is 62.4 Å². The first-order valence-corrected chi connectivity index (χ1v) is 9.53. The standard InChI is InChI=1S/C15H14BrFN2O4S/c1-24(22,23)15-9-12(19(20)21)3-5-14(15)18-7-6-10-8-11(16)2-4-13(10)17/h2-5,8-9,18H,6-7H2,1H3. The highest BCUT2D eigenvalue weighted by atomic mass is 79.9. The van der Waals surface area contributed by atoms with E-state index in [0.717, 1.165) is 16.8 Å². The molecule has 24 heavy (non-hydrogen) atoms. The van der Waals surface area contributed by atoms with Gasteiger partial charge in [0.2, 0.25) is 0 Å². The molecular weight excluding hydrogens is 403 g/mol. The predicted octanol–water partition coefficient (Wildman–Crippen LogP) is 3.55. The van der Waals surface area contributed by atoms with Gasteiger partial charge in [-0.25, -0.2) is 12.8 Å². The highest BCUT2D eigenvalue weighted by Crippen LogP contribution is 2.26. The molecule has 128 valence electrons. The molecule has 0 bridgehead atoms. The van der Waals surface area contributed by atoms with Crippen LogP contribution in [0, 0.1) is 15.9 Å². The number of rotatable bonds is 6. The number of nitro groups is 1. The van der Waals surface area contributed by atoms with Crippen LogP contribution < -0.4 is 5.32 Å². The Balaban J connectivity index is 2.20. The molecule has 6 nitrogen and oxygen atoms in total. The van der Waals surface area contributed by atoms with Gasteiger partial charge in [0.1, 0.15) is 5.82 Å². The molecule has 0 aliphatic rings. The average molecular weight is 417 g/mol. The van der Waals surface area contributed by atoms with E-state index in [9.17, 15) is 22.9 Å². The van der Waals surface area contributed by atoms with Crippen LogP contribution in [0.5, 0.6) is 0 Å². The van der Waals surface area contributed by atoms with E-state index in [1.807, 2.05) is 0 Å². The maximum atomic E-state index is 13.7. The zero-order chi connectivity index (χ0) is 17.9. The van der Waals surface area contributed by atoms with E-state index in [0.29, 0.717) is 12.0 Å². The van der Waals surface area contributed by atoms with Crippen molar-refractivity contribution in [3.8, 4) is 0 Å². The summed E-state index contributed by atoms with van der Waals surface area (Å²) in [4.78, 5) is 9.99. The Morgan fingerprint density at radius 3 is 2.58 bits per heavy atom.